The number of rotatable bonds is 1. The van der Waals surface area contributed by atoms with Gasteiger partial charge in [0.2, 0.25) is 0 Å². The molecule has 0 bridgehead atoms. The summed E-state index contributed by atoms with van der Waals surface area (Å²) < 4.78 is 0. The van der Waals surface area contributed by atoms with E-state index in [2.05, 4.69) is 103 Å². The monoisotopic (exact) mass is 321 g/mol. The second-order valence-electron chi connectivity index (χ2n) is 6.77. The van der Waals surface area contributed by atoms with Gasteiger partial charge in [-0.2, -0.15) is 0 Å². The fourth-order valence-corrected chi connectivity index (χ4v) is 4.30. The molecule has 0 saturated heterocycles. The molecular formula is C24H19N. The van der Waals surface area contributed by atoms with Crippen molar-refractivity contribution in [2.24, 2.45) is 0 Å². The van der Waals surface area contributed by atoms with Crippen molar-refractivity contribution in [3.63, 3.8) is 0 Å². The van der Waals surface area contributed by atoms with E-state index in [-0.39, 0.29) is 5.54 Å². The summed E-state index contributed by atoms with van der Waals surface area (Å²) in [6.45, 7) is 2.24. The van der Waals surface area contributed by atoms with Crippen molar-refractivity contribution in [3.8, 4) is 0 Å². The molecule has 1 atom stereocenters. The first-order valence-corrected chi connectivity index (χ1v) is 8.73. The quantitative estimate of drug-likeness (QED) is 0.582. The van der Waals surface area contributed by atoms with Crippen molar-refractivity contribution in [2.45, 2.75) is 12.5 Å². The molecule has 3 aromatic rings. The minimum atomic E-state index is -0.309. The van der Waals surface area contributed by atoms with Crippen LogP contribution in [0.4, 0.5) is 5.69 Å². The third-order valence-corrected chi connectivity index (χ3v) is 5.39. The van der Waals surface area contributed by atoms with Gasteiger partial charge in [-0.25, -0.2) is 0 Å². The predicted molar refractivity (Wildman–Crippen MR) is 106 cm³/mol. The Labute approximate surface area is 148 Å². The summed E-state index contributed by atoms with van der Waals surface area (Å²) in [7, 11) is 0. The average Bonchev–Trinajstić information content (AvgIpc) is 2.91. The highest BCUT2D eigenvalue weighted by Gasteiger charge is 2.44. The number of hydrogen-bond donors (Lipinski definition) is 1. The molecule has 25 heavy (non-hydrogen) atoms. The lowest BCUT2D eigenvalue weighted by atomic mass is 9.80. The molecule has 1 nitrogen and oxygen atoms in total. The molecule has 1 heteroatoms. The Balaban J connectivity index is 1.80. The molecule has 0 saturated carbocycles. The van der Waals surface area contributed by atoms with Gasteiger partial charge in [0, 0.05) is 5.69 Å². The maximum atomic E-state index is 3.86. The standard InChI is InChI=1S/C24H19N/c1-17-20-12-6-7-13-21(20)24(23(17)19-10-3-2-4-11-19)16-15-18-9-5-8-14-22(18)25-24/h2-16,25H,1H3. The van der Waals surface area contributed by atoms with Crippen LogP contribution in [0.25, 0.3) is 17.2 Å². The van der Waals surface area contributed by atoms with Gasteiger partial charge in [0.05, 0.1) is 0 Å². The van der Waals surface area contributed by atoms with E-state index in [1.165, 1.54) is 39.1 Å². The molecule has 1 N–H and O–H groups in total. The Morgan fingerprint density at radius 3 is 2.36 bits per heavy atom. The van der Waals surface area contributed by atoms with Crippen molar-refractivity contribution >= 4 is 22.9 Å². The number of nitrogens with one attached hydrogen (secondary N) is 1. The maximum absolute atomic E-state index is 3.86. The number of para-hydroxylation sites is 1. The molecule has 1 aliphatic heterocycles. The van der Waals surface area contributed by atoms with Gasteiger partial charge >= 0.3 is 0 Å². The zero-order valence-corrected chi connectivity index (χ0v) is 14.2. The van der Waals surface area contributed by atoms with Crippen LogP contribution in [0.5, 0.6) is 0 Å². The summed E-state index contributed by atoms with van der Waals surface area (Å²) in [6, 6.07) is 28.0. The highest BCUT2D eigenvalue weighted by atomic mass is 15.0. The molecule has 0 fully saturated rings. The molecule has 120 valence electrons. The van der Waals surface area contributed by atoms with E-state index in [0.29, 0.717) is 0 Å². The zero-order valence-electron chi connectivity index (χ0n) is 14.2. The van der Waals surface area contributed by atoms with E-state index in [4.69, 9.17) is 0 Å². The van der Waals surface area contributed by atoms with Gasteiger partial charge in [0.25, 0.3) is 0 Å². The first-order chi connectivity index (χ1) is 12.3. The molecule has 1 unspecified atom stereocenters. The Kier molecular flexibility index (Phi) is 2.98. The van der Waals surface area contributed by atoms with Crippen LogP contribution >= 0.6 is 0 Å². The van der Waals surface area contributed by atoms with Crippen LogP contribution in [0.1, 0.15) is 29.2 Å². The van der Waals surface area contributed by atoms with E-state index < -0.39 is 0 Å². The second-order valence-corrected chi connectivity index (χ2v) is 6.77. The van der Waals surface area contributed by atoms with Gasteiger partial charge in [-0.3, -0.25) is 0 Å². The van der Waals surface area contributed by atoms with Gasteiger partial charge in [-0.1, -0.05) is 78.9 Å². The van der Waals surface area contributed by atoms with Crippen LogP contribution in [0, 0.1) is 0 Å². The fraction of sp³-hybridized carbons (Fsp3) is 0.0833. The van der Waals surface area contributed by atoms with Gasteiger partial charge in [0.15, 0.2) is 0 Å². The number of fused-ring (bicyclic) bond motifs is 3. The van der Waals surface area contributed by atoms with Gasteiger partial charge < -0.3 is 5.32 Å². The lowest BCUT2D eigenvalue weighted by Gasteiger charge is -2.37. The van der Waals surface area contributed by atoms with Crippen molar-refractivity contribution in [2.75, 3.05) is 5.32 Å². The van der Waals surface area contributed by atoms with Gasteiger partial charge in [-0.05, 0) is 52.5 Å². The molecule has 1 heterocycles. The predicted octanol–water partition coefficient (Wildman–Crippen LogP) is 5.97. The minimum Gasteiger partial charge on any atom is -0.368 e. The molecule has 0 amide bonds. The average molecular weight is 321 g/mol. The van der Waals surface area contributed by atoms with Crippen LogP contribution < -0.4 is 5.32 Å². The van der Waals surface area contributed by atoms with Crippen molar-refractivity contribution in [1.82, 2.24) is 0 Å². The summed E-state index contributed by atoms with van der Waals surface area (Å²) in [5.41, 5.74) is 8.74. The Morgan fingerprint density at radius 2 is 1.48 bits per heavy atom. The molecular weight excluding hydrogens is 302 g/mol. The first kappa shape index (κ1) is 14.3. The van der Waals surface area contributed by atoms with Gasteiger partial charge in [0.1, 0.15) is 5.54 Å². The fourth-order valence-electron chi connectivity index (χ4n) is 4.30. The van der Waals surface area contributed by atoms with E-state index in [9.17, 15) is 0 Å². The van der Waals surface area contributed by atoms with Crippen LogP contribution in [0.2, 0.25) is 0 Å². The van der Waals surface area contributed by atoms with Crippen LogP contribution in [0.3, 0.4) is 0 Å². The lowest BCUT2D eigenvalue weighted by molar-refractivity contribution is 0.811. The molecule has 1 aliphatic carbocycles. The largest absolute Gasteiger partial charge is 0.368 e. The molecule has 5 rings (SSSR count). The number of hydrogen-bond acceptors (Lipinski definition) is 1. The lowest BCUT2D eigenvalue weighted by Crippen LogP contribution is -2.35. The second kappa shape index (κ2) is 5.22. The van der Waals surface area contributed by atoms with E-state index in [1.54, 1.807) is 0 Å². The Hall–Kier alpha value is -3.06. The summed E-state index contributed by atoms with van der Waals surface area (Å²) in [5.74, 6) is 0. The number of anilines is 1. The molecule has 3 aromatic carbocycles. The molecule has 0 radical (unpaired) electrons. The van der Waals surface area contributed by atoms with Crippen molar-refractivity contribution in [1.29, 1.82) is 0 Å². The van der Waals surface area contributed by atoms with Crippen molar-refractivity contribution < 1.29 is 0 Å². The van der Waals surface area contributed by atoms with E-state index >= 15 is 0 Å². The summed E-state index contributed by atoms with van der Waals surface area (Å²) in [5, 5.41) is 3.86. The number of allylic oxidation sites excluding steroid dienone is 1. The SMILES string of the molecule is CC1=C(c2ccccc2)C2(C=Cc3ccccc3N2)c2ccccc21. The molecule has 1 spiro atoms. The third kappa shape index (κ3) is 1.96. The first-order valence-electron chi connectivity index (χ1n) is 8.73. The topological polar surface area (TPSA) is 12.0 Å². The minimum absolute atomic E-state index is 0.309. The van der Waals surface area contributed by atoms with Crippen LogP contribution in [-0.4, -0.2) is 0 Å². The van der Waals surface area contributed by atoms with Crippen molar-refractivity contribution in [3.05, 3.63) is 107 Å². The van der Waals surface area contributed by atoms with Crippen LogP contribution in [0.15, 0.2) is 84.9 Å². The molecule has 0 aromatic heterocycles. The van der Waals surface area contributed by atoms with Gasteiger partial charge in [-0.15, -0.1) is 0 Å². The third-order valence-electron chi connectivity index (χ3n) is 5.39. The smallest absolute Gasteiger partial charge is 0.109 e. The van der Waals surface area contributed by atoms with E-state index in [0.717, 1.165) is 0 Å². The summed E-state index contributed by atoms with van der Waals surface area (Å²) in [4.78, 5) is 0. The van der Waals surface area contributed by atoms with E-state index in [1.807, 2.05) is 0 Å². The Morgan fingerprint density at radius 1 is 0.760 bits per heavy atom. The Bertz CT molecular complexity index is 1030. The number of benzene rings is 3. The highest BCUT2D eigenvalue weighted by Crippen LogP contribution is 2.53. The summed E-state index contributed by atoms with van der Waals surface area (Å²) >= 11 is 0. The zero-order chi connectivity index (χ0) is 16.9. The normalized spacial score (nSPS) is 20.4. The molecule has 2 aliphatic rings. The van der Waals surface area contributed by atoms with Crippen LogP contribution in [-0.2, 0) is 5.54 Å². The summed E-state index contributed by atoms with van der Waals surface area (Å²) in [6.07, 6.45) is 4.58. The maximum Gasteiger partial charge on any atom is 0.109 e. The highest BCUT2D eigenvalue weighted by molar-refractivity contribution is 6.04.